The number of nitrogens with one attached hydrogen (secondary N) is 2. The number of amides is 1. The Morgan fingerprint density at radius 2 is 1.92 bits per heavy atom. The molecule has 9 heteroatoms. The van der Waals surface area contributed by atoms with Gasteiger partial charge in [0.1, 0.15) is 5.82 Å². The summed E-state index contributed by atoms with van der Waals surface area (Å²) in [5.41, 5.74) is 1.04. The lowest BCUT2D eigenvalue weighted by Gasteiger charge is -2.14. The molecule has 0 aliphatic carbocycles. The Bertz CT molecular complexity index is 759. The van der Waals surface area contributed by atoms with Crippen molar-refractivity contribution >= 4 is 39.9 Å². The first-order valence-corrected chi connectivity index (χ1v) is 7.75. The number of hydrogen-bond acceptors (Lipinski definition) is 4. The Labute approximate surface area is 148 Å². The minimum atomic E-state index is -1.33. The van der Waals surface area contributed by atoms with Crippen LogP contribution in [0.15, 0.2) is 30.3 Å². The van der Waals surface area contributed by atoms with E-state index >= 15 is 0 Å². The van der Waals surface area contributed by atoms with E-state index in [1.165, 1.54) is 12.1 Å². The van der Waals surface area contributed by atoms with Gasteiger partial charge >= 0.3 is 0 Å². The molecule has 0 saturated heterocycles. The van der Waals surface area contributed by atoms with E-state index in [1.807, 2.05) is 28.1 Å². The number of aliphatic hydroxyl groups is 1. The fourth-order valence-electron chi connectivity index (χ4n) is 1.80. The minimum absolute atomic E-state index is 0.120. The Morgan fingerprint density at radius 1 is 1.17 bits per heavy atom. The molecule has 24 heavy (non-hydrogen) atoms. The monoisotopic (exact) mass is 452 g/mol. The molecule has 0 atom stereocenters. The molecule has 0 spiro atoms. The third-order valence-electron chi connectivity index (χ3n) is 2.89. The first-order valence-electron chi connectivity index (χ1n) is 6.67. The largest absolute Gasteiger partial charge is 0.394 e. The van der Waals surface area contributed by atoms with Gasteiger partial charge in [0.2, 0.25) is 0 Å². The van der Waals surface area contributed by atoms with Crippen LogP contribution in [-0.4, -0.2) is 24.2 Å². The van der Waals surface area contributed by atoms with Crippen molar-refractivity contribution in [2.24, 2.45) is 0 Å². The maximum absolute atomic E-state index is 14.1. The van der Waals surface area contributed by atoms with Gasteiger partial charge in [-0.15, -0.1) is 0 Å². The van der Waals surface area contributed by atoms with Gasteiger partial charge in [-0.25, -0.2) is 18.7 Å². The smallest absolute Gasteiger partial charge is 0.277 e. The van der Waals surface area contributed by atoms with Crippen molar-refractivity contribution in [3.8, 4) is 0 Å². The van der Waals surface area contributed by atoms with Crippen molar-refractivity contribution < 1.29 is 27.9 Å². The quantitative estimate of drug-likeness (QED) is 0.358. The molecule has 1 amide bonds. The molecule has 3 N–H and O–H groups in total. The molecule has 0 saturated carbocycles. The van der Waals surface area contributed by atoms with E-state index in [4.69, 9.17) is 5.11 Å². The third kappa shape index (κ3) is 4.36. The molecule has 2 rings (SSSR count). The van der Waals surface area contributed by atoms with E-state index in [2.05, 4.69) is 10.2 Å². The van der Waals surface area contributed by atoms with Crippen molar-refractivity contribution in [3.63, 3.8) is 0 Å². The summed E-state index contributed by atoms with van der Waals surface area (Å²) >= 11 is 1.90. The number of carbonyl (C=O) groups is 1. The number of benzene rings is 2. The molecule has 0 aromatic heterocycles. The molecule has 0 fully saturated rings. The second-order valence-corrected chi connectivity index (χ2v) is 5.78. The fourth-order valence-corrected chi connectivity index (χ4v) is 2.26. The molecule has 2 aromatic carbocycles. The predicted octanol–water partition coefficient (Wildman–Crippen LogP) is 3.11. The van der Waals surface area contributed by atoms with E-state index in [0.29, 0.717) is 3.57 Å². The van der Waals surface area contributed by atoms with Crippen LogP contribution in [0.3, 0.4) is 0 Å². The average molecular weight is 452 g/mol. The molecular weight excluding hydrogens is 440 g/mol. The van der Waals surface area contributed by atoms with E-state index in [9.17, 15) is 18.0 Å². The van der Waals surface area contributed by atoms with Crippen LogP contribution in [0.5, 0.6) is 0 Å². The summed E-state index contributed by atoms with van der Waals surface area (Å²) in [4.78, 5) is 16.6. The summed E-state index contributed by atoms with van der Waals surface area (Å²) in [6.07, 6.45) is 0. The van der Waals surface area contributed by atoms with Crippen molar-refractivity contribution in [1.82, 2.24) is 5.48 Å². The molecule has 0 aliphatic rings. The van der Waals surface area contributed by atoms with E-state index in [-0.39, 0.29) is 24.5 Å². The van der Waals surface area contributed by atoms with Crippen LogP contribution >= 0.6 is 22.6 Å². The first-order chi connectivity index (χ1) is 11.4. The highest BCUT2D eigenvalue weighted by Gasteiger charge is 2.20. The summed E-state index contributed by atoms with van der Waals surface area (Å²) in [5, 5.41) is 11.0. The van der Waals surface area contributed by atoms with Crippen LogP contribution in [0.4, 0.5) is 24.5 Å². The summed E-state index contributed by atoms with van der Waals surface area (Å²) in [6, 6.07) is 5.90. The lowest BCUT2D eigenvalue weighted by Crippen LogP contribution is -2.26. The summed E-state index contributed by atoms with van der Waals surface area (Å²) in [6.45, 7) is -0.513. The standard InChI is InChI=1S/C15H12F3IN2O3/c16-10-3-2-9(15(23)21-24-6-5-22)14(13(10)18)20-12-4-1-8(19)7-11(12)17/h1-4,7,20,22H,5-6H2,(H,21,23). The Hall–Kier alpha value is -1.85. The van der Waals surface area contributed by atoms with Gasteiger partial charge in [-0.2, -0.15) is 0 Å². The van der Waals surface area contributed by atoms with Gasteiger partial charge in [-0.1, -0.05) is 0 Å². The number of aliphatic hydroxyl groups excluding tert-OH is 1. The van der Waals surface area contributed by atoms with Crippen molar-refractivity contribution in [2.75, 3.05) is 18.5 Å². The second kappa shape index (κ2) is 8.31. The fraction of sp³-hybridized carbons (Fsp3) is 0.133. The van der Waals surface area contributed by atoms with E-state index in [0.717, 1.165) is 12.1 Å². The van der Waals surface area contributed by atoms with Crippen molar-refractivity contribution in [2.45, 2.75) is 0 Å². The van der Waals surface area contributed by atoms with Gasteiger partial charge < -0.3 is 10.4 Å². The molecule has 0 bridgehead atoms. The zero-order valence-corrected chi connectivity index (χ0v) is 14.2. The number of halogens is 4. The van der Waals surface area contributed by atoms with E-state index < -0.39 is 29.0 Å². The molecule has 128 valence electrons. The summed E-state index contributed by atoms with van der Waals surface area (Å²) in [5.74, 6) is -4.09. The number of hydroxylamine groups is 1. The Kier molecular flexibility index (Phi) is 6.40. The normalized spacial score (nSPS) is 10.5. The first kappa shape index (κ1) is 18.5. The van der Waals surface area contributed by atoms with Crippen LogP contribution in [-0.2, 0) is 4.84 Å². The lowest BCUT2D eigenvalue weighted by molar-refractivity contribution is 0.0168. The molecule has 0 aliphatic heterocycles. The summed E-state index contributed by atoms with van der Waals surface area (Å²) in [7, 11) is 0. The van der Waals surface area contributed by atoms with Gasteiger partial charge in [-0.3, -0.25) is 9.63 Å². The van der Waals surface area contributed by atoms with Crippen molar-refractivity contribution in [3.05, 3.63) is 56.9 Å². The van der Waals surface area contributed by atoms with Gasteiger partial charge in [0.25, 0.3) is 5.91 Å². The zero-order chi connectivity index (χ0) is 17.7. The predicted molar refractivity (Wildman–Crippen MR) is 89.3 cm³/mol. The number of carbonyl (C=O) groups excluding carboxylic acids is 1. The minimum Gasteiger partial charge on any atom is -0.394 e. The van der Waals surface area contributed by atoms with Crippen molar-refractivity contribution in [1.29, 1.82) is 0 Å². The van der Waals surface area contributed by atoms with Gasteiger partial charge in [-0.05, 0) is 52.9 Å². The summed E-state index contributed by atoms with van der Waals surface area (Å²) < 4.78 is 42.1. The SMILES string of the molecule is O=C(NOCCO)c1ccc(F)c(F)c1Nc1ccc(I)cc1F. The van der Waals surface area contributed by atoms with Gasteiger partial charge in [0.05, 0.1) is 30.2 Å². The highest BCUT2D eigenvalue weighted by molar-refractivity contribution is 14.1. The maximum atomic E-state index is 14.1. The van der Waals surface area contributed by atoms with Crippen LogP contribution in [0.1, 0.15) is 10.4 Å². The molecule has 5 nitrogen and oxygen atoms in total. The zero-order valence-electron chi connectivity index (χ0n) is 12.1. The van der Waals surface area contributed by atoms with Gasteiger partial charge in [0.15, 0.2) is 11.6 Å². The van der Waals surface area contributed by atoms with Crippen LogP contribution in [0.2, 0.25) is 0 Å². The number of hydrogen-bond donors (Lipinski definition) is 3. The maximum Gasteiger partial charge on any atom is 0.277 e. The molecule has 0 radical (unpaired) electrons. The lowest BCUT2D eigenvalue weighted by atomic mass is 10.1. The van der Waals surface area contributed by atoms with Crippen LogP contribution < -0.4 is 10.8 Å². The van der Waals surface area contributed by atoms with Gasteiger partial charge in [0, 0.05) is 3.57 Å². The third-order valence-corrected chi connectivity index (χ3v) is 3.56. The molecular formula is C15H12F3IN2O3. The Morgan fingerprint density at radius 3 is 2.58 bits per heavy atom. The Balaban J connectivity index is 2.36. The highest BCUT2D eigenvalue weighted by atomic mass is 127. The van der Waals surface area contributed by atoms with Crippen LogP contribution in [0, 0.1) is 21.0 Å². The van der Waals surface area contributed by atoms with Crippen LogP contribution in [0.25, 0.3) is 0 Å². The molecule has 2 aromatic rings. The number of anilines is 2. The highest BCUT2D eigenvalue weighted by Crippen LogP contribution is 2.28. The second-order valence-electron chi connectivity index (χ2n) is 4.54. The van der Waals surface area contributed by atoms with E-state index in [1.54, 1.807) is 6.07 Å². The topological polar surface area (TPSA) is 70.6 Å². The molecule has 0 unspecified atom stereocenters. The number of rotatable bonds is 6. The average Bonchev–Trinajstić information content (AvgIpc) is 2.54. The molecule has 0 heterocycles.